The van der Waals surface area contributed by atoms with E-state index in [-0.39, 0.29) is 32.1 Å². The first-order valence-electron chi connectivity index (χ1n) is 7.85. The standard InChI is InChI=1S/C18H13ClN2O6S/c1-11-2-5-13(6-3-11)28(25,26)17-9-8-16(27-17)18(22)20-15-7-4-12(21(23)24)10-14(15)19/h2-10H,1H3,(H,20,22). The molecule has 8 nitrogen and oxygen atoms in total. The number of nitrogens with one attached hydrogen (secondary N) is 1. The minimum atomic E-state index is -3.91. The van der Waals surface area contributed by atoms with Crippen LogP contribution in [0.4, 0.5) is 11.4 Å². The van der Waals surface area contributed by atoms with E-state index in [4.69, 9.17) is 16.0 Å². The summed E-state index contributed by atoms with van der Waals surface area (Å²) in [5.41, 5.74) is 0.794. The monoisotopic (exact) mass is 420 g/mol. The minimum absolute atomic E-state index is 0.0396. The first-order chi connectivity index (χ1) is 13.2. The second-order valence-corrected chi connectivity index (χ2v) is 8.10. The fourth-order valence-corrected chi connectivity index (χ4v) is 3.72. The van der Waals surface area contributed by atoms with Gasteiger partial charge in [-0.2, -0.15) is 0 Å². The summed E-state index contributed by atoms with van der Waals surface area (Å²) in [5.74, 6) is -0.999. The van der Waals surface area contributed by atoms with E-state index in [0.717, 1.165) is 11.6 Å². The summed E-state index contributed by atoms with van der Waals surface area (Å²) in [4.78, 5) is 22.5. The van der Waals surface area contributed by atoms with Crippen molar-refractivity contribution >= 4 is 38.7 Å². The molecule has 1 amide bonds. The number of nitro groups is 1. The molecule has 28 heavy (non-hydrogen) atoms. The van der Waals surface area contributed by atoms with Crippen molar-refractivity contribution in [3.63, 3.8) is 0 Å². The molecule has 144 valence electrons. The maximum atomic E-state index is 12.6. The van der Waals surface area contributed by atoms with Crippen molar-refractivity contribution < 1.29 is 22.6 Å². The third-order valence-corrected chi connectivity index (χ3v) is 5.77. The quantitative estimate of drug-likeness (QED) is 0.487. The van der Waals surface area contributed by atoms with E-state index in [0.29, 0.717) is 0 Å². The van der Waals surface area contributed by atoms with Crippen LogP contribution in [0.1, 0.15) is 16.1 Å². The van der Waals surface area contributed by atoms with Crippen LogP contribution in [0, 0.1) is 17.0 Å². The first kappa shape index (κ1) is 19.6. The van der Waals surface area contributed by atoms with Crippen LogP contribution in [0.2, 0.25) is 5.02 Å². The van der Waals surface area contributed by atoms with E-state index >= 15 is 0 Å². The van der Waals surface area contributed by atoms with Crippen molar-refractivity contribution in [2.24, 2.45) is 0 Å². The summed E-state index contributed by atoms with van der Waals surface area (Å²) in [6.07, 6.45) is 0. The molecule has 1 aromatic heterocycles. The zero-order chi connectivity index (χ0) is 20.5. The molecular weight excluding hydrogens is 408 g/mol. The van der Waals surface area contributed by atoms with Gasteiger partial charge in [-0.05, 0) is 37.3 Å². The van der Waals surface area contributed by atoms with Crippen LogP contribution in [-0.4, -0.2) is 19.2 Å². The van der Waals surface area contributed by atoms with Gasteiger partial charge in [-0.3, -0.25) is 14.9 Å². The Kier molecular flexibility index (Phi) is 5.21. The molecule has 0 saturated heterocycles. The Morgan fingerprint density at radius 1 is 1.11 bits per heavy atom. The number of halogens is 1. The molecule has 10 heteroatoms. The normalized spacial score (nSPS) is 11.2. The smallest absolute Gasteiger partial charge is 0.291 e. The Morgan fingerprint density at radius 2 is 1.79 bits per heavy atom. The van der Waals surface area contributed by atoms with Gasteiger partial charge >= 0.3 is 0 Å². The predicted molar refractivity (Wildman–Crippen MR) is 101 cm³/mol. The molecule has 3 rings (SSSR count). The maximum Gasteiger partial charge on any atom is 0.291 e. The molecule has 0 bridgehead atoms. The Hall–Kier alpha value is -3.17. The summed E-state index contributed by atoms with van der Waals surface area (Å²) in [5, 5.41) is 12.7. The molecule has 0 aliphatic carbocycles. The number of nitro benzene ring substituents is 1. The van der Waals surface area contributed by atoms with Crippen LogP contribution in [0.3, 0.4) is 0 Å². The molecule has 0 atom stereocenters. The molecule has 1 N–H and O–H groups in total. The highest BCUT2D eigenvalue weighted by Crippen LogP contribution is 2.28. The molecule has 0 saturated carbocycles. The van der Waals surface area contributed by atoms with Gasteiger partial charge in [-0.25, -0.2) is 8.42 Å². The number of amides is 1. The fourth-order valence-electron chi connectivity index (χ4n) is 2.32. The first-order valence-corrected chi connectivity index (χ1v) is 9.71. The number of anilines is 1. The van der Waals surface area contributed by atoms with Gasteiger partial charge in [0.2, 0.25) is 14.9 Å². The summed E-state index contributed by atoms with van der Waals surface area (Å²) in [6.45, 7) is 1.83. The predicted octanol–water partition coefficient (Wildman–Crippen LogP) is 4.23. The number of non-ortho nitro benzene ring substituents is 1. The van der Waals surface area contributed by atoms with Crippen LogP contribution >= 0.6 is 11.6 Å². The van der Waals surface area contributed by atoms with Gasteiger partial charge < -0.3 is 9.73 Å². The van der Waals surface area contributed by atoms with Crippen LogP contribution in [0.5, 0.6) is 0 Å². The van der Waals surface area contributed by atoms with Gasteiger partial charge in [0.25, 0.3) is 11.6 Å². The van der Waals surface area contributed by atoms with Crippen molar-refractivity contribution in [2.75, 3.05) is 5.32 Å². The Bertz CT molecular complexity index is 1170. The number of nitrogens with zero attached hydrogens (tertiary/aromatic N) is 1. The molecule has 0 spiro atoms. The van der Waals surface area contributed by atoms with E-state index in [9.17, 15) is 23.3 Å². The Balaban J connectivity index is 1.83. The zero-order valence-corrected chi connectivity index (χ0v) is 16.0. The number of hydrogen-bond acceptors (Lipinski definition) is 6. The average Bonchev–Trinajstić information content (AvgIpc) is 3.14. The van der Waals surface area contributed by atoms with Gasteiger partial charge in [0, 0.05) is 12.1 Å². The van der Waals surface area contributed by atoms with Crippen molar-refractivity contribution in [1.29, 1.82) is 0 Å². The molecule has 0 unspecified atom stereocenters. The van der Waals surface area contributed by atoms with Gasteiger partial charge in [0.15, 0.2) is 5.76 Å². The fraction of sp³-hybridized carbons (Fsp3) is 0.0556. The molecule has 0 fully saturated rings. The van der Waals surface area contributed by atoms with Crippen molar-refractivity contribution in [2.45, 2.75) is 16.9 Å². The second-order valence-electron chi connectivity index (χ2n) is 5.81. The average molecular weight is 421 g/mol. The van der Waals surface area contributed by atoms with Gasteiger partial charge in [0.05, 0.1) is 20.5 Å². The maximum absolute atomic E-state index is 12.6. The number of carbonyl (C=O) groups is 1. The Morgan fingerprint density at radius 3 is 2.39 bits per heavy atom. The lowest BCUT2D eigenvalue weighted by atomic mass is 10.2. The summed E-state index contributed by atoms with van der Waals surface area (Å²) in [7, 11) is -3.91. The lowest BCUT2D eigenvalue weighted by molar-refractivity contribution is -0.384. The largest absolute Gasteiger partial charge is 0.439 e. The number of benzene rings is 2. The van der Waals surface area contributed by atoms with E-state index in [1.165, 1.54) is 36.4 Å². The molecule has 0 aliphatic heterocycles. The van der Waals surface area contributed by atoms with Gasteiger partial charge in [-0.1, -0.05) is 29.3 Å². The number of rotatable bonds is 5. The molecular formula is C18H13ClN2O6S. The number of carbonyl (C=O) groups excluding carboxylic acids is 1. The lowest BCUT2D eigenvalue weighted by Gasteiger charge is -2.05. The number of aryl methyl sites for hydroxylation is 1. The number of sulfone groups is 1. The molecule has 1 heterocycles. The van der Waals surface area contributed by atoms with Crippen LogP contribution in [0.25, 0.3) is 0 Å². The van der Waals surface area contributed by atoms with Crippen molar-refractivity contribution in [1.82, 2.24) is 0 Å². The summed E-state index contributed by atoms with van der Waals surface area (Å²) < 4.78 is 30.4. The molecule has 0 radical (unpaired) electrons. The van der Waals surface area contributed by atoms with E-state index in [1.54, 1.807) is 12.1 Å². The highest BCUT2D eigenvalue weighted by Gasteiger charge is 2.24. The van der Waals surface area contributed by atoms with E-state index < -0.39 is 20.7 Å². The highest BCUT2D eigenvalue weighted by atomic mass is 35.5. The summed E-state index contributed by atoms with van der Waals surface area (Å²) in [6, 6.07) is 12.1. The third kappa shape index (κ3) is 3.90. The van der Waals surface area contributed by atoms with Crippen molar-refractivity contribution in [3.05, 3.63) is 81.1 Å². The minimum Gasteiger partial charge on any atom is -0.439 e. The number of hydrogen-bond donors (Lipinski definition) is 1. The van der Waals surface area contributed by atoms with Gasteiger partial charge in [0.1, 0.15) is 0 Å². The Labute approximate surface area is 164 Å². The van der Waals surface area contributed by atoms with Crippen LogP contribution in [-0.2, 0) is 9.84 Å². The second kappa shape index (κ2) is 7.45. The third-order valence-electron chi connectivity index (χ3n) is 3.81. The SMILES string of the molecule is Cc1ccc(S(=O)(=O)c2ccc(C(=O)Nc3ccc([N+](=O)[O-])cc3Cl)o2)cc1. The van der Waals surface area contributed by atoms with Gasteiger partial charge in [-0.15, -0.1) is 0 Å². The lowest BCUT2D eigenvalue weighted by Crippen LogP contribution is -2.11. The topological polar surface area (TPSA) is 120 Å². The van der Waals surface area contributed by atoms with E-state index in [2.05, 4.69) is 5.32 Å². The highest BCUT2D eigenvalue weighted by molar-refractivity contribution is 7.91. The summed E-state index contributed by atoms with van der Waals surface area (Å²) >= 11 is 5.93. The molecule has 0 aliphatic rings. The number of furan rings is 1. The molecule has 2 aromatic carbocycles. The van der Waals surface area contributed by atoms with Crippen molar-refractivity contribution in [3.8, 4) is 0 Å². The van der Waals surface area contributed by atoms with E-state index in [1.807, 2.05) is 6.92 Å². The molecule has 3 aromatic rings. The zero-order valence-electron chi connectivity index (χ0n) is 14.4. The van der Waals surface area contributed by atoms with Crippen LogP contribution < -0.4 is 5.32 Å². The van der Waals surface area contributed by atoms with Crippen LogP contribution in [0.15, 0.2) is 69.0 Å².